The number of hydrogen-bond donors (Lipinski definition) is 2. The van der Waals surface area contributed by atoms with E-state index in [2.05, 4.69) is 35.5 Å². The lowest BCUT2D eigenvalue weighted by atomic mass is 9.48. The Hall–Kier alpha value is -2.43. The van der Waals surface area contributed by atoms with Gasteiger partial charge in [-0.2, -0.15) is 13.2 Å². The van der Waals surface area contributed by atoms with Crippen molar-refractivity contribution >= 4 is 29.2 Å². The Morgan fingerprint density at radius 2 is 2.00 bits per heavy atom. The van der Waals surface area contributed by atoms with E-state index in [0.29, 0.717) is 24.2 Å². The van der Waals surface area contributed by atoms with E-state index in [4.69, 9.17) is 17.0 Å². The van der Waals surface area contributed by atoms with Crippen molar-refractivity contribution < 1.29 is 27.5 Å². The van der Waals surface area contributed by atoms with Crippen molar-refractivity contribution in [2.75, 3.05) is 0 Å². The molecular formula is C27H35F3N4O3S. The molecule has 38 heavy (non-hydrogen) atoms. The molecule has 4 aliphatic rings. The van der Waals surface area contributed by atoms with Gasteiger partial charge in [-0.1, -0.05) is 19.9 Å². The Labute approximate surface area is 226 Å². The fraction of sp³-hybridized carbons (Fsp3) is 0.704. The lowest BCUT2D eigenvalue weighted by Crippen LogP contribution is -2.60. The van der Waals surface area contributed by atoms with Gasteiger partial charge in [-0.15, -0.1) is 0 Å². The minimum absolute atomic E-state index is 0.0368. The van der Waals surface area contributed by atoms with Crippen molar-refractivity contribution in [3.05, 3.63) is 30.9 Å². The number of carbonyl (C=O) groups excluding carboxylic acids is 2. The van der Waals surface area contributed by atoms with E-state index in [-0.39, 0.29) is 39.8 Å². The van der Waals surface area contributed by atoms with Gasteiger partial charge in [-0.25, -0.2) is 4.98 Å². The molecule has 1 aliphatic heterocycles. The number of hydrogen-bond acceptors (Lipinski definition) is 5. The number of rotatable bonds is 4. The molecule has 0 aromatic carbocycles. The Balaban J connectivity index is 1.29. The van der Waals surface area contributed by atoms with Gasteiger partial charge in [-0.05, 0) is 86.9 Å². The lowest BCUT2D eigenvalue weighted by molar-refractivity contribution is -0.206. The van der Waals surface area contributed by atoms with Gasteiger partial charge >= 0.3 is 6.18 Å². The number of alkyl halides is 3. The number of imidazole rings is 1. The van der Waals surface area contributed by atoms with E-state index in [9.17, 15) is 22.8 Å². The number of amides is 2. The van der Waals surface area contributed by atoms with Crippen LogP contribution in [0.5, 0.6) is 0 Å². The van der Waals surface area contributed by atoms with E-state index in [0.717, 1.165) is 32.1 Å². The zero-order valence-electron chi connectivity index (χ0n) is 21.8. The second-order valence-corrected chi connectivity index (χ2v) is 12.4. The third-order valence-electron chi connectivity index (χ3n) is 10.1. The van der Waals surface area contributed by atoms with Gasteiger partial charge in [0, 0.05) is 29.8 Å². The van der Waals surface area contributed by atoms with Crippen molar-refractivity contribution in [2.24, 2.45) is 34.5 Å². The van der Waals surface area contributed by atoms with Crippen LogP contribution in [0.1, 0.15) is 59.3 Å². The van der Waals surface area contributed by atoms with E-state index < -0.39 is 18.3 Å². The summed E-state index contributed by atoms with van der Waals surface area (Å²) >= 11 is 5.02. The molecule has 11 heteroatoms. The molecular weight excluding hydrogens is 517 g/mol. The predicted molar refractivity (Wildman–Crippen MR) is 138 cm³/mol. The van der Waals surface area contributed by atoms with Crippen molar-refractivity contribution in [3.8, 4) is 0 Å². The zero-order chi connectivity index (χ0) is 27.5. The first-order chi connectivity index (χ1) is 17.8. The highest BCUT2D eigenvalue weighted by atomic mass is 32.1. The fourth-order valence-electron chi connectivity index (χ4n) is 8.15. The summed E-state index contributed by atoms with van der Waals surface area (Å²) in [7, 11) is 0. The van der Waals surface area contributed by atoms with Crippen LogP contribution in [0.15, 0.2) is 30.9 Å². The van der Waals surface area contributed by atoms with Crippen molar-refractivity contribution in [1.29, 1.82) is 0 Å². The van der Waals surface area contributed by atoms with Crippen LogP contribution in [0.3, 0.4) is 0 Å². The van der Waals surface area contributed by atoms with E-state index in [1.165, 1.54) is 30.2 Å². The number of carbonyl (C=O) groups is 2. The smallest absolute Gasteiger partial charge is 0.427 e. The molecule has 208 valence electrons. The Morgan fingerprint density at radius 1 is 1.24 bits per heavy atom. The average Bonchev–Trinajstić information content (AvgIpc) is 3.50. The topological polar surface area (TPSA) is 85.3 Å². The summed E-state index contributed by atoms with van der Waals surface area (Å²) in [5.74, 6) is 0.396. The van der Waals surface area contributed by atoms with Crippen LogP contribution in [-0.2, 0) is 14.3 Å². The molecule has 0 radical (unpaired) electrons. The molecule has 5 rings (SSSR count). The number of halogens is 3. The molecule has 2 amide bonds. The summed E-state index contributed by atoms with van der Waals surface area (Å²) in [4.78, 5) is 29.2. The summed E-state index contributed by atoms with van der Waals surface area (Å²) in [6.07, 6.45) is 5.96. The second-order valence-electron chi connectivity index (χ2n) is 12.0. The number of ether oxygens (including phenoxy) is 1. The highest BCUT2D eigenvalue weighted by Gasteiger charge is 2.61. The van der Waals surface area contributed by atoms with Crippen LogP contribution < -0.4 is 10.6 Å². The third kappa shape index (κ3) is 4.54. The minimum atomic E-state index is -4.73. The standard InChI is InChI=1S/C27H35F3N4O3S/c1-15(22(27(28,29)30)37-24(38)34-13-12-31-14-34)32-23(36)19-6-5-17-16-4-7-20-26(3,11-9-21(35)33-20)18(16)8-10-25(17,19)2/h9,11-20,22H,4-8,10H2,1-3H3,(H,32,36)(H,33,35)/t15?,16-,17-,18-,19+,20+,22?,25-,26+/m0/s1. The van der Waals surface area contributed by atoms with Crippen LogP contribution in [0, 0.1) is 34.5 Å². The maximum absolute atomic E-state index is 13.9. The highest BCUT2D eigenvalue weighted by molar-refractivity contribution is 7.80. The second kappa shape index (κ2) is 9.64. The minimum Gasteiger partial charge on any atom is -0.455 e. The van der Waals surface area contributed by atoms with Gasteiger partial charge in [0.1, 0.15) is 6.33 Å². The molecule has 2 heterocycles. The molecule has 2 unspecified atom stereocenters. The van der Waals surface area contributed by atoms with Gasteiger partial charge in [0.15, 0.2) is 0 Å². The van der Waals surface area contributed by atoms with E-state index >= 15 is 0 Å². The number of fused-ring (bicyclic) bond motifs is 5. The SMILES string of the molecule is CC(NC(=O)[C@H]1CC[C@H]2[C@@H]3CC[C@H]4NC(=O)C=C[C@]4(C)[C@H]3CC[C@]12C)C(OC(=S)n1ccnc1)C(F)(F)F. The van der Waals surface area contributed by atoms with Crippen molar-refractivity contribution in [1.82, 2.24) is 20.2 Å². The number of aromatic nitrogens is 2. The molecule has 7 nitrogen and oxygen atoms in total. The molecule has 3 fully saturated rings. The Kier molecular flexibility index (Phi) is 6.89. The van der Waals surface area contributed by atoms with Crippen LogP contribution >= 0.6 is 12.2 Å². The lowest BCUT2D eigenvalue weighted by Gasteiger charge is -2.58. The first kappa shape index (κ1) is 27.1. The first-order valence-electron chi connectivity index (χ1n) is 13.4. The monoisotopic (exact) mass is 552 g/mol. The van der Waals surface area contributed by atoms with Gasteiger partial charge in [0.05, 0.1) is 6.04 Å². The summed E-state index contributed by atoms with van der Waals surface area (Å²) in [6.45, 7) is 5.69. The molecule has 1 aromatic rings. The van der Waals surface area contributed by atoms with Gasteiger partial charge < -0.3 is 15.4 Å². The predicted octanol–water partition coefficient (Wildman–Crippen LogP) is 4.38. The highest BCUT2D eigenvalue weighted by Crippen LogP contribution is 2.65. The molecule has 3 saturated carbocycles. The van der Waals surface area contributed by atoms with Crippen LogP contribution in [-0.4, -0.2) is 50.9 Å². The molecule has 2 N–H and O–H groups in total. The average molecular weight is 553 g/mol. The van der Waals surface area contributed by atoms with E-state index in [1.54, 1.807) is 6.08 Å². The summed E-state index contributed by atoms with van der Waals surface area (Å²) in [5, 5.41) is 5.41. The van der Waals surface area contributed by atoms with Crippen molar-refractivity contribution in [3.63, 3.8) is 0 Å². The van der Waals surface area contributed by atoms with Crippen LogP contribution in [0.25, 0.3) is 0 Å². The summed E-state index contributed by atoms with van der Waals surface area (Å²) in [6, 6.07) is -1.20. The number of nitrogens with zero attached hydrogens (tertiary/aromatic N) is 2. The summed E-state index contributed by atoms with van der Waals surface area (Å²) in [5.41, 5.74) is -0.394. The molecule has 1 aromatic heterocycles. The largest absolute Gasteiger partial charge is 0.455 e. The zero-order valence-corrected chi connectivity index (χ0v) is 22.6. The number of thiocarbonyl (C=S) groups is 1. The molecule has 0 bridgehead atoms. The van der Waals surface area contributed by atoms with Gasteiger partial charge in [0.25, 0.3) is 5.17 Å². The Bertz CT molecular complexity index is 1130. The maximum atomic E-state index is 13.9. The Morgan fingerprint density at radius 3 is 2.68 bits per heavy atom. The molecule has 9 atom stereocenters. The fourth-order valence-corrected chi connectivity index (χ4v) is 8.37. The summed E-state index contributed by atoms with van der Waals surface area (Å²) < 4.78 is 48.1. The van der Waals surface area contributed by atoms with Crippen LogP contribution in [0.2, 0.25) is 0 Å². The normalized spacial score (nSPS) is 37.7. The van der Waals surface area contributed by atoms with Gasteiger partial charge in [-0.3, -0.25) is 14.2 Å². The quantitative estimate of drug-likeness (QED) is 0.542. The van der Waals surface area contributed by atoms with E-state index in [1.807, 2.05) is 0 Å². The van der Waals surface area contributed by atoms with Crippen molar-refractivity contribution in [2.45, 2.75) is 83.7 Å². The van der Waals surface area contributed by atoms with Crippen LogP contribution in [0.4, 0.5) is 13.2 Å². The number of nitrogens with one attached hydrogen (secondary N) is 2. The molecule has 0 spiro atoms. The van der Waals surface area contributed by atoms with Gasteiger partial charge in [0.2, 0.25) is 17.9 Å². The first-order valence-corrected chi connectivity index (χ1v) is 13.8. The molecule has 0 saturated heterocycles. The maximum Gasteiger partial charge on any atom is 0.427 e. The molecule has 3 aliphatic carbocycles. The third-order valence-corrected chi connectivity index (χ3v) is 10.4.